The molecule has 1 fully saturated rings. The molecule has 12 aromatic rings. The van der Waals surface area contributed by atoms with Crippen LogP contribution in [0.4, 0.5) is 4.79 Å². The van der Waals surface area contributed by atoms with Crippen molar-refractivity contribution in [1.82, 2.24) is 19.8 Å². The molecule has 0 bridgehead atoms. The Morgan fingerprint density at radius 1 is 0.506 bits per heavy atom. The number of barbiturate groups is 1. The zero-order chi connectivity index (χ0) is 60.9. The van der Waals surface area contributed by atoms with Crippen LogP contribution in [0.2, 0.25) is 15.1 Å². The minimum atomic E-state index is -1.14. The second-order valence-corrected chi connectivity index (χ2v) is 23.5. The van der Waals surface area contributed by atoms with Gasteiger partial charge in [-0.25, -0.2) is 4.79 Å². The fourth-order valence-corrected chi connectivity index (χ4v) is 13.5. The molecule has 9 nitrogen and oxygen atoms in total. The highest BCUT2D eigenvalue weighted by Gasteiger charge is 2.48. The molecule has 87 heavy (non-hydrogen) atoms. The maximum Gasteiger partial charge on any atom is 0.332 e. The van der Waals surface area contributed by atoms with Gasteiger partial charge in [0.15, 0.2) is 0 Å². The number of urea groups is 1. The molecule has 3 heterocycles. The first-order chi connectivity index (χ1) is 42.0. The number of carbonyl (C=O) groups excluding carboxylic acids is 3. The monoisotopic (exact) mass is 1200 g/mol. The first kappa shape index (κ1) is 57.9. The molecule has 0 saturated carbocycles. The summed E-state index contributed by atoms with van der Waals surface area (Å²) >= 11 is 20.8. The molecule has 4 amide bonds. The number of aromatic amines is 2. The van der Waals surface area contributed by atoms with Crippen molar-refractivity contribution in [3.63, 3.8) is 0 Å². The summed E-state index contributed by atoms with van der Waals surface area (Å²) in [5, 5.41) is 12.6. The molecule has 0 radical (unpaired) electrons. The van der Waals surface area contributed by atoms with E-state index in [2.05, 4.69) is 158 Å². The third kappa shape index (κ3) is 10.6. The van der Waals surface area contributed by atoms with Crippen molar-refractivity contribution in [3.8, 4) is 66.8 Å². The smallest absolute Gasteiger partial charge is 0.332 e. The molecule has 10 aromatic carbocycles. The van der Waals surface area contributed by atoms with Gasteiger partial charge in [0.05, 0.1) is 5.52 Å². The molecule has 1 aliphatic carbocycles. The molecular weight excluding hydrogens is 1140 g/mol. The van der Waals surface area contributed by atoms with Crippen LogP contribution in [0.25, 0.3) is 99.5 Å². The normalized spacial score (nSPS) is 13.3. The number of imide groups is 2. The highest BCUT2D eigenvalue weighted by atomic mass is 35.5. The van der Waals surface area contributed by atoms with E-state index >= 15 is 0 Å². The molecule has 1 unspecified atom stereocenters. The van der Waals surface area contributed by atoms with Crippen LogP contribution in [0.5, 0.6) is 0 Å². The predicted molar refractivity (Wildman–Crippen MR) is 355 cm³/mol. The lowest BCUT2D eigenvalue weighted by molar-refractivity contribution is -0.148. The average Bonchev–Trinajstić information content (AvgIpc) is 2.11. The van der Waals surface area contributed by atoms with Gasteiger partial charge < -0.3 is 15.1 Å². The third-order valence-electron chi connectivity index (χ3n) is 16.9. The molecule has 3 N–H and O–H groups in total. The minimum absolute atomic E-state index is 0.449. The Morgan fingerprint density at radius 2 is 0.954 bits per heavy atom. The van der Waals surface area contributed by atoms with E-state index < -0.39 is 35.7 Å². The Morgan fingerprint density at radius 3 is 1.48 bits per heavy atom. The molecule has 1 aliphatic heterocycles. The van der Waals surface area contributed by atoms with Gasteiger partial charge in [-0.3, -0.25) is 24.2 Å². The number of hydrogen-bond donors (Lipinski definition) is 3. The predicted octanol–water partition coefficient (Wildman–Crippen LogP) is 19.2. The van der Waals surface area contributed by atoms with E-state index in [4.69, 9.17) is 44.7 Å². The largest absolute Gasteiger partial charge is 0.481 e. The molecule has 14 rings (SSSR count). The van der Waals surface area contributed by atoms with Gasteiger partial charge in [0.2, 0.25) is 11.8 Å². The van der Waals surface area contributed by atoms with Crippen LogP contribution in [0, 0.1) is 26.7 Å². The number of carboxylic acid groups (broad SMARTS) is 1. The Hall–Kier alpha value is -9.51. The number of nitrogens with zero attached hydrogens (tertiary/aromatic N) is 2. The minimum Gasteiger partial charge on any atom is -0.481 e. The van der Waals surface area contributed by atoms with E-state index in [1.54, 1.807) is 12.1 Å². The van der Waals surface area contributed by atoms with E-state index in [0.29, 0.717) is 10.6 Å². The number of benzene rings is 10. The summed E-state index contributed by atoms with van der Waals surface area (Å²) < 4.78 is 0. The standard InChI is InChI=1S/C45H31Cl2N.C28H24ClN3O3.C2H4O2/c1-26-11-3-5-13-31(26)28-19-20-30-25-37-41(33-15-7-9-17-38(33)46)44-36-24-29(32-14-6-4-12-27(32)2)21-22-40(36)48-45(44)43(42(37)35(30)23-28)34-16-8-10-18-39(34)47;1-16-8-4-5-9-18(16)17-12-13-23-20(14-17)21(15-30-23)24(19-10-6-7-11-22(19)29)25-26(33)31(2)28(35)32(3)27(25)34;1-2(3)4/h3-24,48H,25H2,1-2H3;4-15,24-25,30H,1-3H3;1H3,(H,3,4). The topological polar surface area (TPSA) is 127 Å². The second-order valence-electron chi connectivity index (χ2n) is 22.3. The van der Waals surface area contributed by atoms with E-state index in [1.807, 2.05) is 66.9 Å². The third-order valence-corrected chi connectivity index (χ3v) is 17.9. The van der Waals surface area contributed by atoms with E-state index in [0.717, 1.165) is 94.1 Å². The van der Waals surface area contributed by atoms with Crippen LogP contribution in [0.3, 0.4) is 0 Å². The molecule has 1 atom stereocenters. The zero-order valence-corrected chi connectivity index (χ0v) is 50.9. The molecular formula is C75H59Cl3N4O5. The SMILES string of the molecule is CC(=O)O.Cc1ccccc1-c1ccc2[nH]cc(C(c3ccccc3Cl)C3C(=O)N(C)C(=O)N(C)C3=O)c2c1.Cc1ccccc1-c1ccc2c(c1)-c1c(c(-c3ccccc3Cl)c3c([nH]c4ccc(-c5ccccc5C)cc43)c1-c1ccccc1Cl)C2. The van der Waals surface area contributed by atoms with Gasteiger partial charge in [-0.1, -0.05) is 186 Å². The summed E-state index contributed by atoms with van der Waals surface area (Å²) in [4.78, 5) is 57.4. The fourth-order valence-electron chi connectivity index (χ4n) is 12.8. The molecule has 12 heteroatoms. The van der Waals surface area contributed by atoms with Crippen molar-refractivity contribution in [2.45, 2.75) is 40.0 Å². The highest BCUT2D eigenvalue weighted by molar-refractivity contribution is 6.36. The van der Waals surface area contributed by atoms with Crippen molar-refractivity contribution in [2.75, 3.05) is 14.1 Å². The van der Waals surface area contributed by atoms with Gasteiger partial charge in [0.25, 0.3) is 5.97 Å². The Labute approximate surface area is 519 Å². The van der Waals surface area contributed by atoms with Crippen LogP contribution >= 0.6 is 34.8 Å². The second kappa shape index (κ2) is 23.7. The summed E-state index contributed by atoms with van der Waals surface area (Å²) in [5.74, 6) is -3.76. The van der Waals surface area contributed by atoms with Gasteiger partial charge in [0.1, 0.15) is 5.92 Å². The number of halogens is 3. The lowest BCUT2D eigenvalue weighted by Gasteiger charge is -2.37. The van der Waals surface area contributed by atoms with Gasteiger partial charge >= 0.3 is 6.03 Å². The van der Waals surface area contributed by atoms with Crippen LogP contribution in [-0.2, 0) is 20.8 Å². The number of hydrogen-bond acceptors (Lipinski definition) is 4. The number of nitrogens with one attached hydrogen (secondary N) is 2. The Kier molecular flexibility index (Phi) is 15.8. The van der Waals surface area contributed by atoms with Crippen molar-refractivity contribution in [2.24, 2.45) is 5.92 Å². The Bertz CT molecular complexity index is 4740. The summed E-state index contributed by atoms with van der Waals surface area (Å²) in [6, 6.07) is 68.3. The first-order valence-electron chi connectivity index (χ1n) is 28.6. The van der Waals surface area contributed by atoms with Gasteiger partial charge in [-0.15, -0.1) is 0 Å². The van der Waals surface area contributed by atoms with Crippen LogP contribution in [0.1, 0.15) is 51.8 Å². The van der Waals surface area contributed by atoms with E-state index in [9.17, 15) is 14.4 Å². The lowest BCUT2D eigenvalue weighted by Crippen LogP contribution is -2.58. The quantitative estimate of drug-likeness (QED) is 0.131. The van der Waals surface area contributed by atoms with Crippen LogP contribution in [0.15, 0.2) is 206 Å². The summed E-state index contributed by atoms with van der Waals surface area (Å²) in [6.07, 6.45) is 2.63. The number of aromatic nitrogens is 2. The number of aliphatic carboxylic acids is 1. The number of rotatable bonds is 8. The Balaban J connectivity index is 0.000000168. The summed E-state index contributed by atoms with van der Waals surface area (Å²) in [5.41, 5.74) is 24.6. The maximum atomic E-state index is 13.4. The van der Waals surface area contributed by atoms with Gasteiger partial charge in [0, 0.05) is 92.1 Å². The lowest BCUT2D eigenvalue weighted by atomic mass is 9.78. The molecule has 0 spiro atoms. The summed E-state index contributed by atoms with van der Waals surface area (Å²) in [7, 11) is 2.80. The van der Waals surface area contributed by atoms with Gasteiger partial charge in [-0.05, 0) is 165 Å². The first-order valence-corrected chi connectivity index (χ1v) is 29.7. The zero-order valence-electron chi connectivity index (χ0n) is 48.6. The average molecular weight is 1200 g/mol. The van der Waals surface area contributed by atoms with E-state index in [1.165, 1.54) is 86.1 Å². The van der Waals surface area contributed by atoms with E-state index in [-0.39, 0.29) is 0 Å². The number of H-pyrrole nitrogens is 2. The van der Waals surface area contributed by atoms with Crippen LogP contribution in [-0.4, -0.2) is 62.8 Å². The van der Waals surface area contributed by atoms with Crippen molar-refractivity contribution in [3.05, 3.63) is 260 Å². The molecule has 430 valence electrons. The number of aryl methyl sites for hydroxylation is 3. The highest BCUT2D eigenvalue weighted by Crippen LogP contribution is 2.55. The number of carboxylic acids is 1. The molecule has 2 aromatic heterocycles. The molecule has 2 aliphatic rings. The van der Waals surface area contributed by atoms with Crippen LogP contribution < -0.4 is 0 Å². The number of carbonyl (C=O) groups is 4. The van der Waals surface area contributed by atoms with Gasteiger partial charge in [-0.2, -0.15) is 0 Å². The maximum absolute atomic E-state index is 13.4. The van der Waals surface area contributed by atoms with Crippen molar-refractivity contribution in [1.29, 1.82) is 0 Å². The summed E-state index contributed by atoms with van der Waals surface area (Å²) in [6.45, 7) is 7.50. The molecule has 1 saturated heterocycles. The fraction of sp³-hybridized carbons (Fsp3) is 0.120. The number of amides is 4. The van der Waals surface area contributed by atoms with Crippen molar-refractivity contribution >= 4 is 91.3 Å². The van der Waals surface area contributed by atoms with Crippen molar-refractivity contribution < 1.29 is 24.3 Å². The number of fused-ring (bicyclic) bond motifs is 7.